The molecule has 9 heteroatoms. The number of rotatable bonds is 4. The van der Waals surface area contributed by atoms with E-state index in [1.807, 2.05) is 23.1 Å². The summed E-state index contributed by atoms with van der Waals surface area (Å²) in [4.78, 5) is 30.4. The number of carbonyl (C=O) groups is 2. The zero-order chi connectivity index (χ0) is 19.7. The number of carbonyl (C=O) groups excluding carboxylic acids is 2. The van der Waals surface area contributed by atoms with Gasteiger partial charge in [-0.25, -0.2) is 0 Å². The van der Waals surface area contributed by atoms with Crippen molar-refractivity contribution in [1.29, 1.82) is 0 Å². The Balaban J connectivity index is 1.43. The van der Waals surface area contributed by atoms with Gasteiger partial charge >= 0.3 is 0 Å². The van der Waals surface area contributed by atoms with Gasteiger partial charge in [-0.3, -0.25) is 19.8 Å². The van der Waals surface area contributed by atoms with Crippen LogP contribution in [0.2, 0.25) is 0 Å². The van der Waals surface area contributed by atoms with E-state index >= 15 is 0 Å². The minimum atomic E-state index is -0.464. The molecule has 146 valence electrons. The van der Waals surface area contributed by atoms with E-state index in [4.69, 9.17) is 21.7 Å². The Morgan fingerprint density at radius 3 is 2.64 bits per heavy atom. The van der Waals surface area contributed by atoms with Crippen molar-refractivity contribution in [3.8, 4) is 11.5 Å². The van der Waals surface area contributed by atoms with Gasteiger partial charge in [0.15, 0.2) is 16.6 Å². The minimum Gasteiger partial charge on any atom is -0.454 e. The molecule has 3 heterocycles. The summed E-state index contributed by atoms with van der Waals surface area (Å²) < 4.78 is 10.8. The van der Waals surface area contributed by atoms with Crippen LogP contribution in [-0.2, 0) is 9.59 Å². The Morgan fingerprint density at radius 1 is 1.14 bits per heavy atom. The molecule has 3 aliphatic rings. The second kappa shape index (κ2) is 7.51. The summed E-state index contributed by atoms with van der Waals surface area (Å²) in [7, 11) is 0. The number of hydrogen-bond acceptors (Lipinski definition) is 7. The van der Waals surface area contributed by atoms with Crippen molar-refractivity contribution >= 4 is 34.8 Å². The zero-order valence-corrected chi connectivity index (χ0v) is 16.0. The molecule has 0 bridgehead atoms. The molecule has 0 spiro atoms. The summed E-state index contributed by atoms with van der Waals surface area (Å²) >= 11 is 5.07. The van der Waals surface area contributed by atoms with Crippen LogP contribution in [0.15, 0.2) is 42.6 Å². The third kappa shape index (κ3) is 3.40. The largest absolute Gasteiger partial charge is 0.454 e. The lowest BCUT2D eigenvalue weighted by molar-refractivity contribution is -0.128. The van der Waals surface area contributed by atoms with E-state index in [2.05, 4.69) is 16.8 Å². The highest BCUT2D eigenvalue weighted by molar-refractivity contribution is 7.80. The molecule has 4 rings (SSSR count). The summed E-state index contributed by atoms with van der Waals surface area (Å²) in [6.07, 6.45) is 3.20. The lowest BCUT2D eigenvalue weighted by Gasteiger charge is -2.36. The van der Waals surface area contributed by atoms with Gasteiger partial charge in [-0.05, 0) is 24.4 Å². The summed E-state index contributed by atoms with van der Waals surface area (Å²) in [5, 5.41) is 2.67. The average Bonchev–Trinajstić information content (AvgIpc) is 3.17. The number of nitrogens with zero attached hydrogens (tertiary/aromatic N) is 3. The van der Waals surface area contributed by atoms with Crippen LogP contribution in [0.3, 0.4) is 0 Å². The second-order valence-electron chi connectivity index (χ2n) is 6.57. The van der Waals surface area contributed by atoms with Crippen LogP contribution in [0.1, 0.15) is 0 Å². The molecule has 1 aromatic rings. The van der Waals surface area contributed by atoms with Crippen molar-refractivity contribution in [3.63, 3.8) is 0 Å². The van der Waals surface area contributed by atoms with Crippen LogP contribution in [0.4, 0.5) is 5.69 Å². The molecule has 3 aliphatic heterocycles. The standard InChI is InChI=1S/C19H20N4O4S/c1-2-5-23-18(25)14(17(24)20-19(23)28)11-21-6-8-22(9-7-21)13-3-4-15-16(10-13)27-12-26-15/h2-4,10-11H,1,5-9,12H2,(H,20,24,28)/b14-11-. The maximum absolute atomic E-state index is 12.6. The first-order valence-electron chi connectivity index (χ1n) is 8.95. The molecule has 2 amide bonds. The molecular formula is C19H20N4O4S. The lowest BCUT2D eigenvalue weighted by Crippen LogP contribution is -2.54. The van der Waals surface area contributed by atoms with Gasteiger partial charge in [0, 0.05) is 50.7 Å². The number of nitrogens with one attached hydrogen (secondary N) is 1. The molecule has 2 fully saturated rings. The third-order valence-electron chi connectivity index (χ3n) is 4.84. The molecule has 28 heavy (non-hydrogen) atoms. The lowest BCUT2D eigenvalue weighted by atomic mass is 10.1. The summed E-state index contributed by atoms with van der Waals surface area (Å²) in [5.41, 5.74) is 1.15. The first-order valence-corrected chi connectivity index (χ1v) is 9.36. The Morgan fingerprint density at radius 2 is 1.89 bits per heavy atom. The van der Waals surface area contributed by atoms with Crippen LogP contribution in [0, 0.1) is 0 Å². The molecule has 1 N–H and O–H groups in total. The zero-order valence-electron chi connectivity index (χ0n) is 15.2. The highest BCUT2D eigenvalue weighted by Gasteiger charge is 2.33. The Labute approximate surface area is 168 Å². The molecule has 1 aromatic carbocycles. The van der Waals surface area contributed by atoms with E-state index in [-0.39, 0.29) is 24.0 Å². The fourth-order valence-electron chi connectivity index (χ4n) is 3.35. The third-order valence-corrected chi connectivity index (χ3v) is 5.17. The van der Waals surface area contributed by atoms with Crippen molar-refractivity contribution in [2.75, 3.05) is 44.4 Å². The molecule has 0 radical (unpaired) electrons. The Kier molecular flexibility index (Phi) is 4.91. The minimum absolute atomic E-state index is 0.0898. The van der Waals surface area contributed by atoms with Crippen molar-refractivity contribution < 1.29 is 19.1 Å². The predicted molar refractivity (Wildman–Crippen MR) is 107 cm³/mol. The number of thiocarbonyl (C=S) groups is 1. The van der Waals surface area contributed by atoms with E-state index < -0.39 is 11.8 Å². The molecule has 0 unspecified atom stereocenters. The van der Waals surface area contributed by atoms with Crippen LogP contribution in [0.25, 0.3) is 0 Å². The van der Waals surface area contributed by atoms with E-state index in [0.29, 0.717) is 13.1 Å². The van der Waals surface area contributed by atoms with Gasteiger partial charge in [-0.15, -0.1) is 6.58 Å². The Bertz CT molecular complexity index is 877. The first-order chi connectivity index (χ1) is 13.6. The summed E-state index contributed by atoms with van der Waals surface area (Å²) in [6, 6.07) is 5.89. The van der Waals surface area contributed by atoms with E-state index in [9.17, 15) is 9.59 Å². The molecule has 0 atom stereocenters. The second-order valence-corrected chi connectivity index (χ2v) is 6.95. The van der Waals surface area contributed by atoms with E-state index in [1.54, 1.807) is 12.3 Å². The molecule has 2 saturated heterocycles. The maximum Gasteiger partial charge on any atom is 0.267 e. The number of anilines is 1. The van der Waals surface area contributed by atoms with Gasteiger partial charge in [0.2, 0.25) is 6.79 Å². The SMILES string of the molecule is C=CCN1C(=O)/C(=C\N2CCN(c3ccc4c(c3)OCO4)CC2)C(=O)NC1=S. The van der Waals surface area contributed by atoms with E-state index in [1.165, 1.54) is 4.90 Å². The summed E-state index contributed by atoms with van der Waals surface area (Å²) in [5.74, 6) is 0.654. The topological polar surface area (TPSA) is 74.4 Å². The smallest absolute Gasteiger partial charge is 0.267 e. The van der Waals surface area contributed by atoms with Gasteiger partial charge in [0.05, 0.1) is 0 Å². The predicted octanol–water partition coefficient (Wildman–Crippen LogP) is 0.850. The van der Waals surface area contributed by atoms with E-state index in [0.717, 1.165) is 30.3 Å². The highest BCUT2D eigenvalue weighted by Crippen LogP contribution is 2.35. The number of hydrogen-bond donors (Lipinski definition) is 1. The quantitative estimate of drug-likeness (QED) is 0.348. The van der Waals surface area contributed by atoms with Gasteiger partial charge in [0.25, 0.3) is 11.8 Å². The number of piperazine rings is 1. The van der Waals surface area contributed by atoms with Crippen LogP contribution in [0.5, 0.6) is 11.5 Å². The molecule has 8 nitrogen and oxygen atoms in total. The van der Waals surface area contributed by atoms with Crippen LogP contribution >= 0.6 is 12.2 Å². The number of ether oxygens (including phenoxy) is 2. The highest BCUT2D eigenvalue weighted by atomic mass is 32.1. The van der Waals surface area contributed by atoms with Crippen molar-refractivity contribution in [2.45, 2.75) is 0 Å². The van der Waals surface area contributed by atoms with Gasteiger partial charge in [-0.1, -0.05) is 6.08 Å². The van der Waals surface area contributed by atoms with Crippen molar-refractivity contribution in [3.05, 3.63) is 42.6 Å². The molecule has 0 aliphatic carbocycles. The maximum atomic E-state index is 12.6. The molecular weight excluding hydrogens is 380 g/mol. The average molecular weight is 400 g/mol. The monoisotopic (exact) mass is 400 g/mol. The fourth-order valence-corrected chi connectivity index (χ4v) is 3.60. The summed E-state index contributed by atoms with van der Waals surface area (Å²) in [6.45, 7) is 7.02. The number of amides is 2. The van der Waals surface area contributed by atoms with Gasteiger partial charge in [0.1, 0.15) is 5.57 Å². The van der Waals surface area contributed by atoms with Crippen molar-refractivity contribution in [2.24, 2.45) is 0 Å². The van der Waals surface area contributed by atoms with Gasteiger partial charge < -0.3 is 19.3 Å². The van der Waals surface area contributed by atoms with Crippen LogP contribution < -0.4 is 19.7 Å². The first kappa shape index (κ1) is 18.3. The Hall–Kier alpha value is -3.07. The molecule has 0 aromatic heterocycles. The van der Waals surface area contributed by atoms with Crippen molar-refractivity contribution in [1.82, 2.24) is 15.1 Å². The fraction of sp³-hybridized carbons (Fsp3) is 0.316. The number of fused-ring (bicyclic) bond motifs is 1. The number of benzene rings is 1. The molecule has 0 saturated carbocycles. The normalized spacial score (nSPS) is 20.6. The van der Waals surface area contributed by atoms with Gasteiger partial charge in [-0.2, -0.15) is 0 Å². The van der Waals surface area contributed by atoms with Crippen LogP contribution in [-0.4, -0.2) is 66.2 Å².